The van der Waals surface area contributed by atoms with Gasteiger partial charge in [-0.3, -0.25) is 0 Å². The molecule has 0 amide bonds. The van der Waals surface area contributed by atoms with E-state index in [2.05, 4.69) is 13.0 Å². The van der Waals surface area contributed by atoms with E-state index in [0.717, 1.165) is 29.4 Å². The SMILES string of the molecule is C/C(=C(/C#N)N(C)C)C1C2CC3CC(C2)CC1C3. The van der Waals surface area contributed by atoms with Crippen molar-refractivity contribution in [3.8, 4) is 6.07 Å². The molecule has 0 aromatic carbocycles. The predicted octanol–water partition coefficient (Wildman–Crippen LogP) is 3.42. The lowest BCUT2D eigenvalue weighted by molar-refractivity contribution is -0.0214. The quantitative estimate of drug-likeness (QED) is 0.696. The van der Waals surface area contributed by atoms with E-state index < -0.39 is 0 Å². The molecule has 0 aromatic heterocycles. The van der Waals surface area contributed by atoms with Gasteiger partial charge in [0.25, 0.3) is 0 Å². The number of hydrogen-bond donors (Lipinski definition) is 0. The first-order chi connectivity index (χ1) is 8.60. The van der Waals surface area contributed by atoms with Crippen LogP contribution in [0.3, 0.4) is 0 Å². The van der Waals surface area contributed by atoms with Crippen molar-refractivity contribution in [1.82, 2.24) is 4.90 Å². The van der Waals surface area contributed by atoms with E-state index in [4.69, 9.17) is 0 Å². The molecule has 0 atom stereocenters. The lowest BCUT2D eigenvalue weighted by atomic mass is 9.50. The summed E-state index contributed by atoms with van der Waals surface area (Å²) >= 11 is 0. The number of rotatable bonds is 2. The molecule has 0 unspecified atom stereocenters. The molecule has 18 heavy (non-hydrogen) atoms. The summed E-state index contributed by atoms with van der Waals surface area (Å²) in [4.78, 5) is 2.00. The lowest BCUT2D eigenvalue weighted by Gasteiger charge is -2.55. The number of hydrogen-bond acceptors (Lipinski definition) is 2. The van der Waals surface area contributed by atoms with Crippen LogP contribution in [0.5, 0.6) is 0 Å². The molecular formula is C16H24N2. The normalized spacial score (nSPS) is 42.4. The van der Waals surface area contributed by atoms with Crippen molar-refractivity contribution < 1.29 is 0 Å². The van der Waals surface area contributed by atoms with Gasteiger partial charge in [-0.25, -0.2) is 0 Å². The minimum absolute atomic E-state index is 0.704. The summed E-state index contributed by atoms with van der Waals surface area (Å²) in [7, 11) is 4.00. The van der Waals surface area contributed by atoms with Crippen molar-refractivity contribution in [1.29, 1.82) is 5.26 Å². The summed E-state index contributed by atoms with van der Waals surface area (Å²) in [6.07, 6.45) is 7.23. The van der Waals surface area contributed by atoms with Crippen LogP contribution >= 0.6 is 0 Å². The molecule has 0 aromatic rings. The molecule has 0 heterocycles. The lowest BCUT2D eigenvalue weighted by Crippen LogP contribution is -2.45. The average molecular weight is 244 g/mol. The van der Waals surface area contributed by atoms with Crippen LogP contribution in [-0.4, -0.2) is 19.0 Å². The zero-order valence-electron chi connectivity index (χ0n) is 11.8. The molecule has 4 saturated carbocycles. The second-order valence-electron chi connectivity index (χ2n) is 6.99. The molecule has 4 rings (SSSR count). The van der Waals surface area contributed by atoms with E-state index in [1.807, 2.05) is 19.0 Å². The maximum Gasteiger partial charge on any atom is 0.117 e. The van der Waals surface area contributed by atoms with Gasteiger partial charge in [0.2, 0.25) is 0 Å². The van der Waals surface area contributed by atoms with Crippen LogP contribution in [0.25, 0.3) is 0 Å². The molecule has 98 valence electrons. The van der Waals surface area contributed by atoms with Gasteiger partial charge in [0.15, 0.2) is 0 Å². The van der Waals surface area contributed by atoms with E-state index in [9.17, 15) is 5.26 Å². The van der Waals surface area contributed by atoms with Crippen LogP contribution in [0.2, 0.25) is 0 Å². The van der Waals surface area contributed by atoms with Gasteiger partial charge in [-0.1, -0.05) is 0 Å². The molecule has 2 heteroatoms. The largest absolute Gasteiger partial charge is 0.369 e. The van der Waals surface area contributed by atoms with Crippen LogP contribution < -0.4 is 0 Å². The van der Waals surface area contributed by atoms with Crippen LogP contribution in [0.1, 0.15) is 39.0 Å². The summed E-state index contributed by atoms with van der Waals surface area (Å²) in [5.74, 6) is 4.49. The van der Waals surface area contributed by atoms with Gasteiger partial charge in [-0.15, -0.1) is 0 Å². The first-order valence-electron chi connectivity index (χ1n) is 7.38. The van der Waals surface area contributed by atoms with E-state index in [0.29, 0.717) is 5.92 Å². The van der Waals surface area contributed by atoms with E-state index in [1.165, 1.54) is 37.7 Å². The Morgan fingerprint density at radius 2 is 1.50 bits per heavy atom. The van der Waals surface area contributed by atoms with Gasteiger partial charge in [-0.05, 0) is 74.2 Å². The third-order valence-corrected chi connectivity index (χ3v) is 5.65. The van der Waals surface area contributed by atoms with Gasteiger partial charge < -0.3 is 4.90 Å². The monoisotopic (exact) mass is 244 g/mol. The molecule has 0 aliphatic heterocycles. The van der Waals surface area contributed by atoms with Crippen LogP contribution in [0.15, 0.2) is 11.3 Å². The van der Waals surface area contributed by atoms with Crippen LogP contribution in [0, 0.1) is 40.9 Å². The Morgan fingerprint density at radius 3 is 1.89 bits per heavy atom. The molecular weight excluding hydrogens is 220 g/mol. The summed E-state index contributed by atoms with van der Waals surface area (Å²) in [6.45, 7) is 2.21. The predicted molar refractivity (Wildman–Crippen MR) is 72.5 cm³/mol. The van der Waals surface area contributed by atoms with Crippen molar-refractivity contribution in [3.05, 3.63) is 11.3 Å². The van der Waals surface area contributed by atoms with Gasteiger partial charge in [-0.2, -0.15) is 5.26 Å². The smallest absolute Gasteiger partial charge is 0.117 e. The highest BCUT2D eigenvalue weighted by atomic mass is 15.1. The first kappa shape index (κ1) is 12.1. The Bertz CT molecular complexity index is 385. The van der Waals surface area contributed by atoms with Crippen molar-refractivity contribution in [2.75, 3.05) is 14.1 Å². The molecule has 4 bridgehead atoms. The van der Waals surface area contributed by atoms with E-state index in [-0.39, 0.29) is 0 Å². The fourth-order valence-electron chi connectivity index (χ4n) is 5.33. The zero-order valence-corrected chi connectivity index (χ0v) is 11.8. The van der Waals surface area contributed by atoms with Gasteiger partial charge >= 0.3 is 0 Å². The van der Waals surface area contributed by atoms with Gasteiger partial charge in [0.1, 0.15) is 11.8 Å². The maximum atomic E-state index is 9.37. The second-order valence-corrected chi connectivity index (χ2v) is 6.99. The minimum Gasteiger partial charge on any atom is -0.369 e. The fourth-order valence-corrected chi connectivity index (χ4v) is 5.33. The summed E-state index contributed by atoms with van der Waals surface area (Å²) in [6, 6.07) is 2.42. The molecule has 0 radical (unpaired) electrons. The van der Waals surface area contributed by atoms with Crippen LogP contribution in [0.4, 0.5) is 0 Å². The van der Waals surface area contributed by atoms with Crippen LogP contribution in [-0.2, 0) is 0 Å². The Kier molecular flexibility index (Phi) is 2.88. The van der Waals surface area contributed by atoms with Crippen molar-refractivity contribution in [2.45, 2.75) is 39.0 Å². The third kappa shape index (κ3) is 1.76. The molecule has 4 fully saturated rings. The highest BCUT2D eigenvalue weighted by Crippen LogP contribution is 2.58. The fraction of sp³-hybridized carbons (Fsp3) is 0.812. The minimum atomic E-state index is 0.704. The number of allylic oxidation sites excluding steroid dienone is 2. The summed E-state index contributed by atoms with van der Waals surface area (Å²) < 4.78 is 0. The first-order valence-corrected chi connectivity index (χ1v) is 7.38. The van der Waals surface area contributed by atoms with E-state index in [1.54, 1.807) is 0 Å². The topological polar surface area (TPSA) is 27.0 Å². The van der Waals surface area contributed by atoms with Crippen molar-refractivity contribution >= 4 is 0 Å². The Hall–Kier alpha value is -0.970. The summed E-state index contributed by atoms with van der Waals surface area (Å²) in [5, 5.41) is 9.37. The average Bonchev–Trinajstić information content (AvgIpc) is 2.27. The summed E-state index contributed by atoms with van der Waals surface area (Å²) in [5.41, 5.74) is 2.28. The molecule has 0 spiro atoms. The maximum absolute atomic E-state index is 9.37. The zero-order chi connectivity index (χ0) is 12.9. The van der Waals surface area contributed by atoms with E-state index >= 15 is 0 Å². The Morgan fingerprint density at radius 1 is 1.00 bits per heavy atom. The standard InChI is InChI=1S/C16H24N2/c1-10(15(9-17)18(2)3)16-13-5-11-4-12(7-13)8-14(16)6-11/h11-14,16H,4-8H2,1-3H3/b15-10+. The number of nitriles is 1. The highest BCUT2D eigenvalue weighted by Gasteiger charge is 2.49. The molecule has 0 saturated heterocycles. The molecule has 4 aliphatic rings. The third-order valence-electron chi connectivity index (χ3n) is 5.65. The highest BCUT2D eigenvalue weighted by molar-refractivity contribution is 5.28. The van der Waals surface area contributed by atoms with Gasteiger partial charge in [0, 0.05) is 14.1 Å². The van der Waals surface area contributed by atoms with Crippen molar-refractivity contribution in [2.24, 2.45) is 29.6 Å². The molecule has 2 nitrogen and oxygen atoms in total. The second kappa shape index (κ2) is 4.30. The molecule has 0 N–H and O–H groups in total. The molecule has 4 aliphatic carbocycles. The Balaban J connectivity index is 1.91. The Labute approximate surface area is 111 Å². The van der Waals surface area contributed by atoms with Gasteiger partial charge in [0.05, 0.1) is 0 Å². The van der Waals surface area contributed by atoms with Crippen molar-refractivity contribution in [3.63, 3.8) is 0 Å². The number of nitrogens with zero attached hydrogens (tertiary/aromatic N) is 2.